The van der Waals surface area contributed by atoms with E-state index in [1.54, 1.807) is 23.6 Å². The Balaban J connectivity index is 1.47. The molecule has 0 N–H and O–H groups in total. The maximum absolute atomic E-state index is 13.5. The average Bonchev–Trinajstić information content (AvgIpc) is 3.18. The van der Waals surface area contributed by atoms with E-state index in [1.165, 1.54) is 29.5 Å². The SMILES string of the molecule is O=S(=O)(c1cccc(Cl)c1)C1CCN(c2nc(-c3cc(F)cc(F)c3)cs2)CC1. The van der Waals surface area contributed by atoms with Gasteiger partial charge in [-0.05, 0) is 43.2 Å². The molecule has 1 fully saturated rings. The lowest BCUT2D eigenvalue weighted by molar-refractivity contribution is 0.529. The smallest absolute Gasteiger partial charge is 0.185 e. The van der Waals surface area contributed by atoms with Crippen LogP contribution in [-0.4, -0.2) is 31.7 Å². The summed E-state index contributed by atoms with van der Waals surface area (Å²) in [5, 5.41) is 2.38. The minimum absolute atomic E-state index is 0.244. The van der Waals surface area contributed by atoms with Gasteiger partial charge in [0.15, 0.2) is 15.0 Å². The van der Waals surface area contributed by atoms with Crippen LogP contribution in [0.5, 0.6) is 0 Å². The molecular formula is C20H17ClF2N2O2S2. The molecule has 0 saturated carbocycles. The minimum Gasteiger partial charge on any atom is -0.348 e. The minimum atomic E-state index is -3.45. The Morgan fingerprint density at radius 3 is 2.41 bits per heavy atom. The average molecular weight is 455 g/mol. The molecule has 0 amide bonds. The summed E-state index contributed by atoms with van der Waals surface area (Å²) in [5.41, 5.74) is 0.875. The van der Waals surface area contributed by atoms with Gasteiger partial charge in [-0.2, -0.15) is 0 Å². The summed E-state index contributed by atoms with van der Waals surface area (Å²) in [5.74, 6) is -1.30. The number of aromatic nitrogens is 1. The summed E-state index contributed by atoms with van der Waals surface area (Å²) in [6.07, 6.45) is 0.941. The second-order valence-electron chi connectivity index (χ2n) is 6.86. The van der Waals surface area contributed by atoms with Gasteiger partial charge in [-0.25, -0.2) is 22.2 Å². The first-order valence-electron chi connectivity index (χ1n) is 8.99. The first-order chi connectivity index (χ1) is 13.8. The van der Waals surface area contributed by atoms with E-state index in [-0.39, 0.29) is 4.90 Å². The number of thiazole rings is 1. The maximum atomic E-state index is 13.5. The molecule has 29 heavy (non-hydrogen) atoms. The number of rotatable bonds is 4. The summed E-state index contributed by atoms with van der Waals surface area (Å²) in [6, 6.07) is 9.64. The van der Waals surface area contributed by atoms with Gasteiger partial charge in [-0.3, -0.25) is 0 Å². The third-order valence-corrected chi connectivity index (χ3v) is 8.32. The molecule has 0 spiro atoms. The number of anilines is 1. The van der Waals surface area contributed by atoms with Gasteiger partial charge >= 0.3 is 0 Å². The Bertz CT molecular complexity index is 1120. The first-order valence-corrected chi connectivity index (χ1v) is 11.8. The fraction of sp³-hybridized carbons (Fsp3) is 0.250. The quantitative estimate of drug-likeness (QED) is 0.544. The fourth-order valence-electron chi connectivity index (χ4n) is 3.44. The van der Waals surface area contributed by atoms with Crippen LogP contribution < -0.4 is 4.90 Å². The standard InChI is InChI=1S/C20H17ClF2N2O2S2/c21-14-2-1-3-18(10-14)29(26,27)17-4-6-25(7-5-17)20-24-19(12-28-20)13-8-15(22)11-16(23)9-13/h1-3,8-12,17H,4-7H2. The highest BCUT2D eigenvalue weighted by atomic mass is 35.5. The van der Waals surface area contributed by atoms with E-state index in [9.17, 15) is 17.2 Å². The van der Waals surface area contributed by atoms with Gasteiger partial charge in [0.1, 0.15) is 11.6 Å². The van der Waals surface area contributed by atoms with E-state index < -0.39 is 26.7 Å². The van der Waals surface area contributed by atoms with Crippen molar-refractivity contribution >= 4 is 37.9 Å². The van der Waals surface area contributed by atoms with Gasteiger partial charge in [0.2, 0.25) is 0 Å². The number of hydrogen-bond donors (Lipinski definition) is 0. The highest BCUT2D eigenvalue weighted by Gasteiger charge is 2.32. The molecule has 9 heteroatoms. The van der Waals surface area contributed by atoms with Crippen molar-refractivity contribution in [3.05, 3.63) is 64.5 Å². The molecule has 152 valence electrons. The molecule has 0 atom stereocenters. The number of sulfone groups is 1. The third-order valence-electron chi connectivity index (χ3n) is 4.93. The van der Waals surface area contributed by atoms with E-state index in [4.69, 9.17) is 11.6 Å². The van der Waals surface area contributed by atoms with Crippen LogP contribution in [0.2, 0.25) is 5.02 Å². The van der Waals surface area contributed by atoms with Gasteiger partial charge in [0.25, 0.3) is 0 Å². The molecule has 1 aliphatic rings. The second kappa shape index (κ2) is 8.01. The zero-order chi connectivity index (χ0) is 20.6. The molecule has 1 saturated heterocycles. The summed E-state index contributed by atoms with van der Waals surface area (Å²) < 4.78 is 52.7. The molecule has 0 aliphatic carbocycles. The molecule has 4 nitrogen and oxygen atoms in total. The zero-order valence-electron chi connectivity index (χ0n) is 15.2. The van der Waals surface area contributed by atoms with Crippen molar-refractivity contribution in [1.29, 1.82) is 0 Å². The topological polar surface area (TPSA) is 50.3 Å². The Morgan fingerprint density at radius 2 is 1.76 bits per heavy atom. The number of halogens is 3. The van der Waals surface area contributed by atoms with E-state index in [0.29, 0.717) is 47.3 Å². The highest BCUT2D eigenvalue weighted by molar-refractivity contribution is 7.92. The van der Waals surface area contributed by atoms with Gasteiger partial charge in [0, 0.05) is 35.1 Å². The molecule has 0 radical (unpaired) electrons. The van der Waals surface area contributed by atoms with E-state index in [1.807, 2.05) is 4.90 Å². The van der Waals surface area contributed by atoms with Crippen LogP contribution in [0.3, 0.4) is 0 Å². The molecule has 0 bridgehead atoms. The van der Waals surface area contributed by atoms with Crippen LogP contribution in [0.25, 0.3) is 11.3 Å². The van der Waals surface area contributed by atoms with Crippen molar-refractivity contribution in [3.8, 4) is 11.3 Å². The molecule has 1 aromatic heterocycles. The molecule has 3 aromatic rings. The largest absolute Gasteiger partial charge is 0.348 e. The van der Waals surface area contributed by atoms with Crippen molar-refractivity contribution in [2.75, 3.05) is 18.0 Å². The Hall–Kier alpha value is -2.03. The number of piperidine rings is 1. The first kappa shape index (κ1) is 20.3. The summed E-state index contributed by atoms with van der Waals surface area (Å²) in [7, 11) is -3.45. The van der Waals surface area contributed by atoms with Crippen LogP contribution in [0.1, 0.15) is 12.8 Å². The van der Waals surface area contributed by atoms with Gasteiger partial charge in [0.05, 0.1) is 15.8 Å². The lowest BCUT2D eigenvalue weighted by atomic mass is 10.1. The number of nitrogens with zero attached hydrogens (tertiary/aromatic N) is 2. The van der Waals surface area contributed by atoms with Gasteiger partial charge in [-0.1, -0.05) is 17.7 Å². The van der Waals surface area contributed by atoms with Crippen LogP contribution in [-0.2, 0) is 9.84 Å². The van der Waals surface area contributed by atoms with Crippen molar-refractivity contribution in [1.82, 2.24) is 4.98 Å². The lowest BCUT2D eigenvalue weighted by Crippen LogP contribution is -2.39. The molecule has 2 heterocycles. The van der Waals surface area contributed by atoms with Crippen LogP contribution in [0.15, 0.2) is 52.7 Å². The van der Waals surface area contributed by atoms with E-state index >= 15 is 0 Å². The molecular weight excluding hydrogens is 438 g/mol. The second-order valence-corrected chi connectivity index (χ2v) is 10.4. The van der Waals surface area contributed by atoms with Gasteiger partial charge < -0.3 is 4.90 Å². The van der Waals surface area contributed by atoms with Crippen LogP contribution in [0, 0.1) is 11.6 Å². The summed E-state index contributed by atoms with van der Waals surface area (Å²) >= 11 is 7.31. The van der Waals surface area contributed by atoms with E-state index in [2.05, 4.69) is 4.98 Å². The third kappa shape index (κ3) is 4.29. The van der Waals surface area contributed by atoms with Crippen LogP contribution >= 0.6 is 22.9 Å². The molecule has 4 rings (SSSR count). The zero-order valence-corrected chi connectivity index (χ0v) is 17.6. The number of hydrogen-bond acceptors (Lipinski definition) is 5. The maximum Gasteiger partial charge on any atom is 0.185 e. The Morgan fingerprint density at radius 1 is 1.07 bits per heavy atom. The highest BCUT2D eigenvalue weighted by Crippen LogP contribution is 2.32. The summed E-state index contributed by atoms with van der Waals surface area (Å²) in [4.78, 5) is 6.74. The Kier molecular flexibility index (Phi) is 5.59. The fourth-order valence-corrected chi connectivity index (χ4v) is 6.36. The van der Waals surface area contributed by atoms with Crippen LogP contribution in [0.4, 0.5) is 13.9 Å². The predicted molar refractivity (Wildman–Crippen MR) is 111 cm³/mol. The van der Waals surface area contributed by atoms with Crippen molar-refractivity contribution in [2.24, 2.45) is 0 Å². The van der Waals surface area contributed by atoms with Gasteiger partial charge in [-0.15, -0.1) is 11.3 Å². The molecule has 2 aromatic carbocycles. The molecule has 1 aliphatic heterocycles. The monoisotopic (exact) mass is 454 g/mol. The van der Waals surface area contributed by atoms with E-state index in [0.717, 1.165) is 6.07 Å². The number of benzene rings is 2. The van der Waals surface area contributed by atoms with Crippen molar-refractivity contribution in [3.63, 3.8) is 0 Å². The predicted octanol–water partition coefficient (Wildman–Crippen LogP) is 5.18. The van der Waals surface area contributed by atoms with Crippen molar-refractivity contribution < 1.29 is 17.2 Å². The summed E-state index contributed by atoms with van der Waals surface area (Å²) in [6.45, 7) is 1.07. The normalized spacial score (nSPS) is 15.6. The Labute approximate surface area is 176 Å². The molecule has 0 unspecified atom stereocenters. The van der Waals surface area contributed by atoms with Crippen molar-refractivity contribution in [2.45, 2.75) is 23.0 Å². The lowest BCUT2D eigenvalue weighted by Gasteiger charge is -2.31.